The fourth-order valence-electron chi connectivity index (χ4n) is 2.07. The summed E-state index contributed by atoms with van der Waals surface area (Å²) in [5.41, 5.74) is 7.85. The van der Waals surface area contributed by atoms with Crippen LogP contribution >= 0.6 is 0 Å². The number of hydrogen-bond acceptors (Lipinski definition) is 6. The monoisotopic (exact) mass is 320 g/mol. The first-order valence-corrected chi connectivity index (χ1v) is 8.07. The molecule has 1 heterocycles. The van der Waals surface area contributed by atoms with Gasteiger partial charge in [0.15, 0.2) is 5.84 Å². The van der Waals surface area contributed by atoms with E-state index in [9.17, 15) is 8.42 Å². The second kappa shape index (κ2) is 6.55. The van der Waals surface area contributed by atoms with Gasteiger partial charge in [0.1, 0.15) is 6.07 Å². The van der Waals surface area contributed by atoms with E-state index in [1.54, 1.807) is 18.2 Å². The highest BCUT2D eigenvalue weighted by atomic mass is 32.2. The van der Waals surface area contributed by atoms with E-state index in [0.717, 1.165) is 12.8 Å². The van der Waals surface area contributed by atoms with Crippen LogP contribution in [0.3, 0.4) is 0 Å². The Balaban J connectivity index is 2.24. The maximum Gasteiger partial charge on any atom is 0.243 e. The Morgan fingerprint density at radius 3 is 2.68 bits per heavy atom. The van der Waals surface area contributed by atoms with Gasteiger partial charge in [-0.2, -0.15) is 14.7 Å². The van der Waals surface area contributed by atoms with Crippen LogP contribution < -0.4 is 11.2 Å². The minimum absolute atomic E-state index is 0.163. The maximum absolute atomic E-state index is 12.4. The van der Waals surface area contributed by atoms with Gasteiger partial charge in [0.2, 0.25) is 15.7 Å². The fourth-order valence-corrected chi connectivity index (χ4v) is 3.63. The van der Waals surface area contributed by atoms with Gasteiger partial charge in [-0.1, -0.05) is 6.07 Å². The number of hydrogen-bond donors (Lipinski definition) is 3. The van der Waals surface area contributed by atoms with Crippen LogP contribution in [-0.2, 0) is 10.0 Å². The van der Waals surface area contributed by atoms with Gasteiger partial charge in [-0.3, -0.25) is 10.8 Å². The number of anilines is 1. The van der Waals surface area contributed by atoms with E-state index >= 15 is 0 Å². The summed E-state index contributed by atoms with van der Waals surface area (Å²) < 4.78 is 26.3. The Bertz CT molecular complexity index is 744. The van der Waals surface area contributed by atoms with E-state index in [4.69, 9.17) is 16.4 Å². The number of benzene rings is 1. The number of amidine groups is 1. The van der Waals surface area contributed by atoms with Crippen molar-refractivity contribution in [3.8, 4) is 6.07 Å². The zero-order valence-corrected chi connectivity index (χ0v) is 12.6. The Hall–Kier alpha value is -2.44. The van der Waals surface area contributed by atoms with E-state index in [1.807, 2.05) is 0 Å². The number of sulfonamides is 1. The molecule has 0 unspecified atom stereocenters. The maximum atomic E-state index is 12.4. The largest absolute Gasteiger partial charge is 0.382 e. The predicted octanol–water partition coefficient (Wildman–Crippen LogP) is 0.699. The van der Waals surface area contributed by atoms with E-state index in [1.165, 1.54) is 16.4 Å². The third-order valence-corrected chi connectivity index (χ3v) is 5.09. The van der Waals surface area contributed by atoms with Crippen molar-refractivity contribution in [1.82, 2.24) is 4.31 Å². The zero-order valence-electron chi connectivity index (χ0n) is 11.8. The predicted molar refractivity (Wildman–Crippen MR) is 83.0 cm³/mol. The molecular formula is C13H16N6O2S. The summed E-state index contributed by atoms with van der Waals surface area (Å²) in [6, 6.07) is 7.82. The average Bonchev–Trinajstić information content (AvgIpc) is 3.03. The summed E-state index contributed by atoms with van der Waals surface area (Å²) in [6.45, 7) is 1.06. The summed E-state index contributed by atoms with van der Waals surface area (Å²) in [7, 11) is -3.51. The molecule has 0 bridgehead atoms. The lowest BCUT2D eigenvalue weighted by Gasteiger charge is -2.15. The fraction of sp³-hybridized carbons (Fsp3) is 0.308. The number of rotatable bonds is 5. The van der Waals surface area contributed by atoms with Crippen LogP contribution in [0.25, 0.3) is 0 Å². The SMILES string of the molecule is N#C/C(=N\Nc1cccc(S(=O)(=O)N2CCCC2)c1)C(=N)N. The molecule has 4 N–H and O–H groups in total. The summed E-state index contributed by atoms with van der Waals surface area (Å²) in [6.07, 6.45) is 1.73. The molecule has 1 fully saturated rings. The molecular weight excluding hydrogens is 304 g/mol. The van der Waals surface area contributed by atoms with Crippen molar-refractivity contribution in [2.75, 3.05) is 18.5 Å². The van der Waals surface area contributed by atoms with E-state index < -0.39 is 15.9 Å². The molecule has 8 nitrogen and oxygen atoms in total. The lowest BCUT2D eigenvalue weighted by Crippen LogP contribution is -2.27. The molecule has 1 saturated heterocycles. The third-order valence-electron chi connectivity index (χ3n) is 3.19. The van der Waals surface area contributed by atoms with Crippen LogP contribution in [0.4, 0.5) is 5.69 Å². The summed E-state index contributed by atoms with van der Waals surface area (Å²) in [5, 5.41) is 19.6. The lowest BCUT2D eigenvalue weighted by molar-refractivity contribution is 0.477. The molecule has 0 atom stereocenters. The molecule has 9 heteroatoms. The summed E-state index contributed by atoms with van der Waals surface area (Å²) in [4.78, 5) is 0.163. The highest BCUT2D eigenvalue weighted by molar-refractivity contribution is 7.89. The molecule has 0 aliphatic carbocycles. The number of hydrazone groups is 1. The highest BCUT2D eigenvalue weighted by Gasteiger charge is 2.27. The van der Waals surface area contributed by atoms with Gasteiger partial charge in [-0.25, -0.2) is 8.42 Å². The lowest BCUT2D eigenvalue weighted by atomic mass is 10.3. The smallest absolute Gasteiger partial charge is 0.243 e. The second-order valence-corrected chi connectivity index (χ2v) is 6.67. The molecule has 0 radical (unpaired) electrons. The Kier molecular flexibility index (Phi) is 4.75. The molecule has 0 aromatic heterocycles. The molecule has 1 aromatic carbocycles. The zero-order chi connectivity index (χ0) is 16.2. The summed E-state index contributed by atoms with van der Waals surface area (Å²) in [5.74, 6) is -0.462. The molecule has 22 heavy (non-hydrogen) atoms. The molecule has 0 amide bonds. The minimum Gasteiger partial charge on any atom is -0.382 e. The van der Waals surface area contributed by atoms with Crippen LogP contribution in [0.5, 0.6) is 0 Å². The molecule has 1 aliphatic rings. The number of nitrogens with one attached hydrogen (secondary N) is 2. The van der Waals surface area contributed by atoms with Gasteiger partial charge in [0.05, 0.1) is 10.6 Å². The van der Waals surface area contributed by atoms with E-state index in [2.05, 4.69) is 10.5 Å². The van der Waals surface area contributed by atoms with Crippen molar-refractivity contribution < 1.29 is 8.42 Å². The first-order chi connectivity index (χ1) is 10.4. The third kappa shape index (κ3) is 3.41. The molecule has 1 aromatic rings. The van der Waals surface area contributed by atoms with Crippen LogP contribution in [0.2, 0.25) is 0 Å². The summed E-state index contributed by atoms with van der Waals surface area (Å²) >= 11 is 0. The van der Waals surface area contributed by atoms with E-state index in [-0.39, 0.29) is 10.6 Å². The van der Waals surface area contributed by atoms with Gasteiger partial charge in [-0.15, -0.1) is 0 Å². The second-order valence-electron chi connectivity index (χ2n) is 4.74. The first kappa shape index (κ1) is 15.9. The van der Waals surface area contributed by atoms with Gasteiger partial charge in [-0.05, 0) is 31.0 Å². The van der Waals surface area contributed by atoms with Crippen LogP contribution in [-0.4, -0.2) is 37.4 Å². The van der Waals surface area contributed by atoms with Crippen LogP contribution in [0, 0.1) is 16.7 Å². The molecule has 2 rings (SSSR count). The van der Waals surface area contributed by atoms with Gasteiger partial charge < -0.3 is 5.73 Å². The average molecular weight is 320 g/mol. The van der Waals surface area contributed by atoms with Crippen molar-refractivity contribution in [3.05, 3.63) is 24.3 Å². The first-order valence-electron chi connectivity index (χ1n) is 6.63. The van der Waals surface area contributed by atoms with Crippen molar-refractivity contribution in [1.29, 1.82) is 10.7 Å². The number of nitrogens with zero attached hydrogens (tertiary/aromatic N) is 3. The van der Waals surface area contributed by atoms with Crippen molar-refractivity contribution in [3.63, 3.8) is 0 Å². The van der Waals surface area contributed by atoms with Gasteiger partial charge in [0.25, 0.3) is 0 Å². The van der Waals surface area contributed by atoms with Crippen molar-refractivity contribution in [2.24, 2.45) is 10.8 Å². The molecule has 0 saturated carbocycles. The van der Waals surface area contributed by atoms with Crippen LogP contribution in [0.1, 0.15) is 12.8 Å². The minimum atomic E-state index is -3.51. The molecule has 1 aliphatic heterocycles. The Labute approximate surface area is 128 Å². The topological polar surface area (TPSA) is 135 Å². The van der Waals surface area contributed by atoms with Crippen molar-refractivity contribution in [2.45, 2.75) is 17.7 Å². The van der Waals surface area contributed by atoms with Gasteiger partial charge >= 0.3 is 0 Å². The Morgan fingerprint density at radius 1 is 1.41 bits per heavy atom. The number of nitrogens with two attached hydrogens (primary N) is 1. The quantitative estimate of drug-likeness (QED) is 0.417. The Morgan fingerprint density at radius 2 is 2.09 bits per heavy atom. The van der Waals surface area contributed by atoms with E-state index in [0.29, 0.717) is 18.8 Å². The highest BCUT2D eigenvalue weighted by Crippen LogP contribution is 2.23. The normalized spacial score (nSPS) is 16.2. The molecule has 116 valence electrons. The van der Waals surface area contributed by atoms with Crippen molar-refractivity contribution >= 4 is 27.3 Å². The molecule has 0 spiro atoms. The number of nitriles is 1. The standard InChI is InChI=1S/C13H16N6O2S/c14-9-12(13(15)16)18-17-10-4-3-5-11(8-10)22(20,21)19-6-1-2-7-19/h3-5,8,17H,1-2,6-7H2,(H3,15,16)/b18-12+. The van der Waals surface area contributed by atoms with Crippen LogP contribution in [0.15, 0.2) is 34.3 Å². The van der Waals surface area contributed by atoms with Gasteiger partial charge in [0, 0.05) is 13.1 Å².